The molecule has 2 N–H and O–H groups in total. The highest BCUT2D eigenvalue weighted by atomic mass is 32.2. The van der Waals surface area contributed by atoms with Gasteiger partial charge >= 0.3 is 5.97 Å². The molecule has 1 aliphatic rings. The summed E-state index contributed by atoms with van der Waals surface area (Å²) in [7, 11) is -4.09. The molecule has 0 aromatic heterocycles. The molecule has 0 saturated carbocycles. The monoisotopic (exact) mass is 487 g/mol. The van der Waals surface area contributed by atoms with E-state index in [1.54, 1.807) is 24.3 Å². The molecule has 7 nitrogen and oxygen atoms in total. The molecule has 10 heteroatoms. The Bertz CT molecular complexity index is 1310. The predicted octanol–water partition coefficient (Wildman–Crippen LogP) is 3.79. The van der Waals surface area contributed by atoms with Gasteiger partial charge in [0, 0.05) is 44.0 Å². The number of nitrogens with one attached hydrogen (secondary N) is 1. The molecule has 4 rings (SSSR count). The van der Waals surface area contributed by atoms with Gasteiger partial charge in [-0.15, -0.1) is 0 Å². The van der Waals surface area contributed by atoms with Crippen molar-refractivity contribution in [1.29, 1.82) is 0 Å². The van der Waals surface area contributed by atoms with Crippen LogP contribution in [0, 0.1) is 11.6 Å². The predicted molar refractivity (Wildman–Crippen MR) is 124 cm³/mol. The first-order chi connectivity index (χ1) is 16.2. The lowest BCUT2D eigenvalue weighted by Gasteiger charge is -2.36. The molecule has 1 heterocycles. The zero-order valence-corrected chi connectivity index (χ0v) is 18.9. The quantitative estimate of drug-likeness (QED) is 0.527. The molecule has 34 heavy (non-hydrogen) atoms. The zero-order chi connectivity index (χ0) is 24.3. The van der Waals surface area contributed by atoms with Crippen molar-refractivity contribution in [3.63, 3.8) is 0 Å². The van der Waals surface area contributed by atoms with E-state index in [0.29, 0.717) is 44.0 Å². The Balaban J connectivity index is 1.48. The average Bonchev–Trinajstić information content (AvgIpc) is 2.81. The number of hydrogen-bond donors (Lipinski definition) is 2. The molecular weight excluding hydrogens is 464 g/mol. The third-order valence-corrected chi connectivity index (χ3v) is 7.03. The Kier molecular flexibility index (Phi) is 6.80. The molecule has 0 amide bonds. The van der Waals surface area contributed by atoms with Crippen molar-refractivity contribution < 1.29 is 27.1 Å². The van der Waals surface area contributed by atoms with Gasteiger partial charge in [-0.25, -0.2) is 22.0 Å². The Morgan fingerprint density at radius 3 is 2.35 bits per heavy atom. The maximum absolute atomic E-state index is 13.9. The molecule has 0 atom stereocenters. The number of halogens is 2. The zero-order valence-electron chi connectivity index (χ0n) is 18.1. The topological polar surface area (TPSA) is 89.9 Å². The van der Waals surface area contributed by atoms with Gasteiger partial charge in [-0.3, -0.25) is 9.62 Å². The molecular formula is C24H23F2N3O4S. The normalized spacial score (nSPS) is 14.7. The first-order valence-electron chi connectivity index (χ1n) is 10.6. The fourth-order valence-electron chi connectivity index (χ4n) is 3.91. The van der Waals surface area contributed by atoms with Crippen LogP contribution in [0.4, 0.5) is 20.2 Å². The summed E-state index contributed by atoms with van der Waals surface area (Å²) in [5.41, 5.74) is 1.08. The van der Waals surface area contributed by atoms with E-state index in [1.807, 2.05) is 4.90 Å². The van der Waals surface area contributed by atoms with Gasteiger partial charge in [0.15, 0.2) is 0 Å². The number of anilines is 2. The van der Waals surface area contributed by atoms with Gasteiger partial charge in [-0.2, -0.15) is 0 Å². The Morgan fingerprint density at radius 2 is 1.68 bits per heavy atom. The van der Waals surface area contributed by atoms with E-state index in [9.17, 15) is 27.1 Å². The number of rotatable bonds is 7. The summed E-state index contributed by atoms with van der Waals surface area (Å²) in [5.74, 6) is -2.15. The second-order valence-electron chi connectivity index (χ2n) is 7.95. The molecule has 1 aliphatic heterocycles. The summed E-state index contributed by atoms with van der Waals surface area (Å²) < 4.78 is 54.8. The van der Waals surface area contributed by atoms with Crippen molar-refractivity contribution in [3.8, 4) is 0 Å². The van der Waals surface area contributed by atoms with Gasteiger partial charge in [0.25, 0.3) is 10.0 Å². The van der Waals surface area contributed by atoms with Crippen LogP contribution in [0.2, 0.25) is 0 Å². The summed E-state index contributed by atoms with van der Waals surface area (Å²) in [6.07, 6.45) is 0. The number of sulfonamides is 1. The fraction of sp³-hybridized carbons (Fsp3) is 0.208. The van der Waals surface area contributed by atoms with Crippen LogP contribution in [-0.2, 0) is 16.6 Å². The maximum Gasteiger partial charge on any atom is 0.337 e. The van der Waals surface area contributed by atoms with Gasteiger partial charge in [0.05, 0.1) is 16.1 Å². The van der Waals surface area contributed by atoms with Crippen molar-refractivity contribution in [2.24, 2.45) is 0 Å². The van der Waals surface area contributed by atoms with E-state index in [-0.39, 0.29) is 22.0 Å². The minimum atomic E-state index is -4.09. The largest absolute Gasteiger partial charge is 0.478 e. The second-order valence-corrected chi connectivity index (χ2v) is 9.64. The van der Waals surface area contributed by atoms with Crippen LogP contribution in [0.5, 0.6) is 0 Å². The van der Waals surface area contributed by atoms with E-state index >= 15 is 0 Å². The number of nitrogens with zero attached hydrogens (tertiary/aromatic N) is 2. The van der Waals surface area contributed by atoms with Gasteiger partial charge < -0.3 is 10.0 Å². The third-order valence-electron chi connectivity index (χ3n) is 5.65. The number of carbonyl (C=O) groups is 1. The van der Waals surface area contributed by atoms with E-state index in [2.05, 4.69) is 9.62 Å². The smallest absolute Gasteiger partial charge is 0.337 e. The number of carboxylic acids is 1. The Hall–Kier alpha value is -3.50. The van der Waals surface area contributed by atoms with Crippen LogP contribution in [0.25, 0.3) is 0 Å². The first kappa shape index (κ1) is 23.7. The molecule has 1 fully saturated rings. The highest BCUT2D eigenvalue weighted by Crippen LogP contribution is 2.27. The van der Waals surface area contributed by atoms with Crippen molar-refractivity contribution in [3.05, 3.63) is 89.5 Å². The van der Waals surface area contributed by atoms with Crippen molar-refractivity contribution >= 4 is 27.4 Å². The third kappa shape index (κ3) is 5.35. The lowest BCUT2D eigenvalue weighted by atomic mass is 10.1. The van der Waals surface area contributed by atoms with Gasteiger partial charge in [-0.05, 0) is 42.5 Å². The molecule has 0 bridgehead atoms. The fourth-order valence-corrected chi connectivity index (χ4v) is 4.99. The number of hydrogen-bond acceptors (Lipinski definition) is 5. The molecule has 0 radical (unpaired) electrons. The summed E-state index contributed by atoms with van der Waals surface area (Å²) in [6.45, 7) is 2.75. The standard InChI is InChI=1S/C24H23F2N3O4S/c25-18-5-3-6-20(14-18)34(32,33)27-19-8-9-23(21(15-19)24(30)31)29-12-10-28(11-13-29)16-17-4-1-2-7-22(17)26/h1-9,14-15,27H,10-13,16H2,(H,30,31). The Labute approximate surface area is 196 Å². The van der Waals surface area contributed by atoms with Crippen molar-refractivity contribution in [2.45, 2.75) is 11.4 Å². The SMILES string of the molecule is O=C(O)c1cc(NS(=O)(=O)c2cccc(F)c2)ccc1N1CCN(Cc2ccccc2F)CC1. The average molecular weight is 488 g/mol. The lowest BCUT2D eigenvalue weighted by Crippen LogP contribution is -2.46. The molecule has 178 valence electrons. The van der Waals surface area contributed by atoms with Crippen LogP contribution >= 0.6 is 0 Å². The van der Waals surface area contributed by atoms with Crippen LogP contribution in [0.3, 0.4) is 0 Å². The van der Waals surface area contributed by atoms with E-state index in [4.69, 9.17) is 0 Å². The summed E-state index contributed by atoms with van der Waals surface area (Å²) >= 11 is 0. The lowest BCUT2D eigenvalue weighted by molar-refractivity contribution is 0.0697. The minimum absolute atomic E-state index is 0.0537. The number of piperazine rings is 1. The van der Waals surface area contributed by atoms with Crippen LogP contribution in [-0.4, -0.2) is 50.6 Å². The van der Waals surface area contributed by atoms with Crippen LogP contribution < -0.4 is 9.62 Å². The van der Waals surface area contributed by atoms with Crippen LogP contribution in [0.1, 0.15) is 15.9 Å². The maximum atomic E-state index is 13.9. The van der Waals surface area contributed by atoms with Crippen molar-refractivity contribution in [2.75, 3.05) is 35.8 Å². The second kappa shape index (κ2) is 9.78. The first-order valence-corrected chi connectivity index (χ1v) is 12.1. The molecule has 0 aliphatic carbocycles. The number of aromatic carboxylic acids is 1. The highest BCUT2D eigenvalue weighted by molar-refractivity contribution is 7.92. The molecule has 1 saturated heterocycles. The van der Waals surface area contributed by atoms with E-state index in [0.717, 1.165) is 12.1 Å². The van der Waals surface area contributed by atoms with Gasteiger partial charge in [0.2, 0.25) is 0 Å². The number of carboxylic acid groups (broad SMARTS) is 1. The van der Waals surface area contributed by atoms with Gasteiger partial charge in [0.1, 0.15) is 11.6 Å². The molecule has 3 aromatic rings. The van der Waals surface area contributed by atoms with Crippen LogP contribution in [0.15, 0.2) is 71.6 Å². The summed E-state index contributed by atoms with van der Waals surface area (Å²) in [4.78, 5) is 15.7. The summed E-state index contributed by atoms with van der Waals surface area (Å²) in [6, 6.07) is 15.4. The Morgan fingerprint density at radius 1 is 0.941 bits per heavy atom. The summed E-state index contributed by atoms with van der Waals surface area (Å²) in [5, 5.41) is 9.74. The minimum Gasteiger partial charge on any atom is -0.478 e. The van der Waals surface area contributed by atoms with E-state index in [1.165, 1.54) is 30.3 Å². The molecule has 0 spiro atoms. The highest BCUT2D eigenvalue weighted by Gasteiger charge is 2.23. The van der Waals surface area contributed by atoms with Crippen molar-refractivity contribution in [1.82, 2.24) is 4.90 Å². The number of benzene rings is 3. The molecule has 3 aromatic carbocycles. The molecule has 0 unspecified atom stereocenters. The van der Waals surface area contributed by atoms with E-state index < -0.39 is 21.8 Å². The van der Waals surface area contributed by atoms with Gasteiger partial charge in [-0.1, -0.05) is 24.3 Å².